The summed E-state index contributed by atoms with van der Waals surface area (Å²) < 4.78 is 10.6. The van der Waals surface area contributed by atoms with Crippen molar-refractivity contribution >= 4 is 28.4 Å². The third kappa shape index (κ3) is 4.88. The van der Waals surface area contributed by atoms with Gasteiger partial charge >= 0.3 is 0 Å². The maximum absolute atomic E-state index is 13.1. The van der Waals surface area contributed by atoms with E-state index in [9.17, 15) is 9.59 Å². The van der Waals surface area contributed by atoms with E-state index in [1.54, 1.807) is 20.3 Å². The van der Waals surface area contributed by atoms with Crippen molar-refractivity contribution in [3.8, 4) is 11.5 Å². The minimum Gasteiger partial charge on any atom is -0.493 e. The molecular formula is C27H27N3O4. The fourth-order valence-corrected chi connectivity index (χ4v) is 3.86. The quantitative estimate of drug-likeness (QED) is 0.357. The standard InChI is InChI=1S/C27H27N3O4/c1-17-7-6-8-19(15-17)26(31)30-24-20-9-4-5-10-21(20)29-25(24)27(32)28-14-13-18-11-12-22(33-2)23(16-18)34-3/h4-12,15-16,29H,13-14H2,1-3H3,(H,28,32)(H,30,31). The molecule has 4 aromatic rings. The van der Waals surface area contributed by atoms with Crippen LogP contribution in [0.4, 0.5) is 5.69 Å². The van der Waals surface area contributed by atoms with Gasteiger partial charge in [0.25, 0.3) is 11.8 Å². The van der Waals surface area contributed by atoms with Gasteiger partial charge in [0.15, 0.2) is 11.5 Å². The molecule has 0 bridgehead atoms. The number of aromatic amines is 1. The zero-order valence-corrected chi connectivity index (χ0v) is 19.4. The van der Waals surface area contributed by atoms with Crippen molar-refractivity contribution in [3.05, 3.63) is 89.1 Å². The number of fused-ring (bicyclic) bond motifs is 1. The Morgan fingerprint density at radius 2 is 1.68 bits per heavy atom. The summed E-state index contributed by atoms with van der Waals surface area (Å²) in [6, 6.07) is 20.5. The molecule has 4 rings (SSSR count). The molecule has 0 atom stereocenters. The van der Waals surface area contributed by atoms with E-state index in [4.69, 9.17) is 9.47 Å². The van der Waals surface area contributed by atoms with E-state index in [-0.39, 0.29) is 11.8 Å². The summed E-state index contributed by atoms with van der Waals surface area (Å²) in [5, 5.41) is 6.65. The fourth-order valence-electron chi connectivity index (χ4n) is 3.86. The van der Waals surface area contributed by atoms with E-state index >= 15 is 0 Å². The van der Waals surface area contributed by atoms with E-state index in [1.807, 2.05) is 67.6 Å². The Balaban J connectivity index is 1.52. The lowest BCUT2D eigenvalue weighted by Gasteiger charge is -2.11. The van der Waals surface area contributed by atoms with Gasteiger partial charge in [0.05, 0.1) is 19.9 Å². The molecule has 0 fully saturated rings. The number of rotatable bonds is 8. The van der Waals surface area contributed by atoms with Crippen molar-refractivity contribution in [1.82, 2.24) is 10.3 Å². The lowest BCUT2D eigenvalue weighted by molar-refractivity contribution is 0.0951. The van der Waals surface area contributed by atoms with Crippen molar-refractivity contribution in [2.75, 3.05) is 26.1 Å². The van der Waals surface area contributed by atoms with Crippen LogP contribution in [0.5, 0.6) is 11.5 Å². The van der Waals surface area contributed by atoms with Crippen LogP contribution in [0.1, 0.15) is 32.0 Å². The van der Waals surface area contributed by atoms with Gasteiger partial charge in [-0.2, -0.15) is 0 Å². The highest BCUT2D eigenvalue weighted by molar-refractivity contribution is 6.15. The molecule has 0 aliphatic heterocycles. The molecule has 34 heavy (non-hydrogen) atoms. The zero-order valence-electron chi connectivity index (χ0n) is 19.4. The number of H-pyrrole nitrogens is 1. The molecule has 174 valence electrons. The number of methoxy groups -OCH3 is 2. The van der Waals surface area contributed by atoms with Crippen LogP contribution in [0.3, 0.4) is 0 Å². The summed E-state index contributed by atoms with van der Waals surface area (Å²) in [5.74, 6) is 0.731. The minimum absolute atomic E-state index is 0.271. The van der Waals surface area contributed by atoms with Crippen LogP contribution in [0.25, 0.3) is 10.9 Å². The first-order valence-corrected chi connectivity index (χ1v) is 11.0. The van der Waals surface area contributed by atoms with E-state index < -0.39 is 0 Å². The third-order valence-corrected chi connectivity index (χ3v) is 5.60. The largest absolute Gasteiger partial charge is 0.493 e. The molecule has 2 amide bonds. The molecule has 1 heterocycles. The second-order valence-corrected chi connectivity index (χ2v) is 7.94. The van der Waals surface area contributed by atoms with Crippen LogP contribution in [-0.4, -0.2) is 37.6 Å². The van der Waals surface area contributed by atoms with Crippen molar-refractivity contribution in [2.24, 2.45) is 0 Å². The van der Waals surface area contributed by atoms with E-state index in [0.29, 0.717) is 41.4 Å². The summed E-state index contributed by atoms with van der Waals surface area (Å²) in [4.78, 5) is 29.1. The second kappa shape index (κ2) is 10.1. The van der Waals surface area contributed by atoms with Gasteiger partial charge in [-0.05, 0) is 49.2 Å². The molecule has 0 aliphatic carbocycles. The van der Waals surface area contributed by atoms with Gasteiger partial charge in [0, 0.05) is 23.0 Å². The van der Waals surface area contributed by atoms with Crippen molar-refractivity contribution < 1.29 is 19.1 Å². The Hall–Kier alpha value is -4.26. The molecule has 0 spiro atoms. The maximum atomic E-state index is 13.1. The number of hydrogen-bond acceptors (Lipinski definition) is 4. The minimum atomic E-state index is -0.295. The highest BCUT2D eigenvalue weighted by Crippen LogP contribution is 2.29. The molecule has 0 radical (unpaired) electrons. The molecule has 1 aromatic heterocycles. The number of aryl methyl sites for hydroxylation is 1. The Kier molecular flexibility index (Phi) is 6.82. The molecule has 7 heteroatoms. The third-order valence-electron chi connectivity index (χ3n) is 5.60. The van der Waals surface area contributed by atoms with Crippen LogP contribution in [0, 0.1) is 6.92 Å². The maximum Gasteiger partial charge on any atom is 0.269 e. The molecule has 7 nitrogen and oxygen atoms in total. The smallest absolute Gasteiger partial charge is 0.269 e. The summed E-state index contributed by atoms with van der Waals surface area (Å²) in [5.41, 5.74) is 4.07. The van der Waals surface area contributed by atoms with Gasteiger partial charge in [0.2, 0.25) is 0 Å². The number of nitrogens with one attached hydrogen (secondary N) is 3. The number of amides is 2. The predicted molar refractivity (Wildman–Crippen MR) is 133 cm³/mol. The van der Waals surface area contributed by atoms with Crippen molar-refractivity contribution in [3.63, 3.8) is 0 Å². The number of aromatic nitrogens is 1. The molecule has 0 saturated heterocycles. The monoisotopic (exact) mass is 457 g/mol. The van der Waals surface area contributed by atoms with Gasteiger partial charge in [-0.1, -0.05) is 42.0 Å². The number of benzene rings is 3. The topological polar surface area (TPSA) is 92.5 Å². The Bertz CT molecular complexity index is 1340. The van der Waals surface area contributed by atoms with Crippen LogP contribution in [0.15, 0.2) is 66.7 Å². The van der Waals surface area contributed by atoms with Gasteiger partial charge in [-0.3, -0.25) is 9.59 Å². The highest BCUT2D eigenvalue weighted by atomic mass is 16.5. The van der Waals surface area contributed by atoms with Gasteiger partial charge in [-0.15, -0.1) is 0 Å². The molecule has 0 unspecified atom stereocenters. The first-order chi connectivity index (χ1) is 16.5. The number of carbonyl (C=O) groups is 2. The number of hydrogen-bond donors (Lipinski definition) is 3. The summed E-state index contributed by atoms with van der Waals surface area (Å²) >= 11 is 0. The first kappa shape index (κ1) is 22.9. The van der Waals surface area contributed by atoms with Gasteiger partial charge in [-0.25, -0.2) is 0 Å². The summed E-state index contributed by atoms with van der Waals surface area (Å²) in [6.07, 6.45) is 0.608. The van der Waals surface area contributed by atoms with Crippen molar-refractivity contribution in [1.29, 1.82) is 0 Å². The van der Waals surface area contributed by atoms with Gasteiger partial charge < -0.3 is 25.1 Å². The number of ether oxygens (including phenoxy) is 2. The second-order valence-electron chi connectivity index (χ2n) is 7.94. The molecule has 3 N–H and O–H groups in total. The van der Waals surface area contributed by atoms with E-state index in [0.717, 1.165) is 22.0 Å². The number of para-hydroxylation sites is 1. The Morgan fingerprint density at radius 1 is 0.882 bits per heavy atom. The number of anilines is 1. The summed E-state index contributed by atoms with van der Waals surface area (Å²) in [6.45, 7) is 2.34. The van der Waals surface area contributed by atoms with E-state index in [1.165, 1.54) is 0 Å². The molecule has 0 saturated carbocycles. The first-order valence-electron chi connectivity index (χ1n) is 11.0. The molecule has 0 aliphatic rings. The average molecular weight is 458 g/mol. The van der Waals surface area contributed by atoms with Crippen molar-refractivity contribution in [2.45, 2.75) is 13.3 Å². The highest BCUT2D eigenvalue weighted by Gasteiger charge is 2.20. The SMILES string of the molecule is COc1ccc(CCNC(=O)c2[nH]c3ccccc3c2NC(=O)c2cccc(C)c2)cc1OC. The van der Waals surface area contributed by atoms with Crippen LogP contribution < -0.4 is 20.1 Å². The lowest BCUT2D eigenvalue weighted by atomic mass is 10.1. The molecular weight excluding hydrogens is 430 g/mol. The van der Waals surface area contributed by atoms with E-state index in [2.05, 4.69) is 15.6 Å². The van der Waals surface area contributed by atoms with Gasteiger partial charge in [0.1, 0.15) is 5.69 Å². The lowest BCUT2D eigenvalue weighted by Crippen LogP contribution is -2.27. The predicted octanol–water partition coefficient (Wildman–Crippen LogP) is 4.72. The summed E-state index contributed by atoms with van der Waals surface area (Å²) in [7, 11) is 3.18. The Labute approximate surface area is 198 Å². The zero-order chi connectivity index (χ0) is 24.1. The van der Waals surface area contributed by atoms with Crippen LogP contribution in [0.2, 0.25) is 0 Å². The molecule has 3 aromatic carbocycles. The Morgan fingerprint density at radius 3 is 2.44 bits per heavy atom. The number of carbonyl (C=O) groups excluding carboxylic acids is 2. The fraction of sp³-hybridized carbons (Fsp3) is 0.185. The normalized spacial score (nSPS) is 10.7. The average Bonchev–Trinajstić information content (AvgIpc) is 3.22. The van der Waals surface area contributed by atoms with Crippen LogP contribution >= 0.6 is 0 Å². The van der Waals surface area contributed by atoms with Crippen LogP contribution in [-0.2, 0) is 6.42 Å².